The van der Waals surface area contributed by atoms with Gasteiger partial charge in [-0.05, 0) is 41.2 Å². The Kier molecular flexibility index (Phi) is 20.0. The lowest BCUT2D eigenvalue weighted by Gasteiger charge is -2.49. The zero-order valence-corrected chi connectivity index (χ0v) is 38.0. The fourth-order valence-electron chi connectivity index (χ4n) is 8.37. The van der Waals surface area contributed by atoms with Crippen molar-refractivity contribution in [2.45, 2.75) is 147 Å². The van der Waals surface area contributed by atoms with Crippen molar-refractivity contribution in [2.75, 3.05) is 13.2 Å². The van der Waals surface area contributed by atoms with Gasteiger partial charge in [0, 0.05) is 6.61 Å². The van der Waals surface area contributed by atoms with Crippen molar-refractivity contribution in [1.82, 2.24) is 0 Å². The third kappa shape index (κ3) is 15.1. The maximum atomic E-state index is 12.3. The summed E-state index contributed by atoms with van der Waals surface area (Å²) in [5.74, 6) is 0. The highest BCUT2D eigenvalue weighted by molar-refractivity contribution is 5.17. The third-order valence-corrected chi connectivity index (χ3v) is 12.0. The van der Waals surface area contributed by atoms with E-state index in [4.69, 9.17) is 42.6 Å². The van der Waals surface area contributed by atoms with Crippen molar-refractivity contribution in [3.8, 4) is 0 Å². The molecule has 0 amide bonds. The van der Waals surface area contributed by atoms with Gasteiger partial charge >= 0.3 is 0 Å². The Labute approximate surface area is 386 Å². The summed E-state index contributed by atoms with van der Waals surface area (Å²) in [6.45, 7) is 6.24. The van der Waals surface area contributed by atoms with Gasteiger partial charge in [-0.1, -0.05) is 191 Å². The van der Waals surface area contributed by atoms with Crippen LogP contribution >= 0.6 is 0 Å². The van der Waals surface area contributed by atoms with Crippen molar-refractivity contribution >= 4 is 0 Å². The number of aliphatic hydroxyl groups excluding tert-OH is 1. The first-order valence-electron chi connectivity index (χ1n) is 23.6. The maximum absolute atomic E-state index is 12.3. The molecule has 0 saturated carbocycles. The fraction of sp³-hybridized carbons (Fsp3) is 0.455. The molecule has 2 heterocycles. The SMILES string of the molecule is CCCCCCCCO[C@@H]1O[C@H](COCc2ccccc2)[C@H](OCc2ccccc2)[C@H](OCc2ccccc2)[C@H]1O[C@@H]1O[C@@H](C)[C@@H](OCc2ccccc2)[C@@H](O)[C@@H]1OCc1ccccc1. The summed E-state index contributed by atoms with van der Waals surface area (Å²) in [5, 5.41) is 12.3. The van der Waals surface area contributed by atoms with Crippen molar-refractivity contribution in [2.24, 2.45) is 0 Å². The number of unbranched alkanes of at least 4 members (excludes halogenated alkanes) is 5. The molecule has 65 heavy (non-hydrogen) atoms. The average Bonchev–Trinajstić information content (AvgIpc) is 3.34. The fourth-order valence-corrected chi connectivity index (χ4v) is 8.37. The molecule has 2 fully saturated rings. The van der Waals surface area contributed by atoms with Gasteiger partial charge in [0.25, 0.3) is 0 Å². The molecule has 10 atom stereocenters. The molecule has 1 N–H and O–H groups in total. The molecule has 2 aliphatic heterocycles. The first-order chi connectivity index (χ1) is 32.1. The molecule has 5 aromatic rings. The summed E-state index contributed by atoms with van der Waals surface area (Å²) in [7, 11) is 0. The Hall–Kier alpha value is -4.30. The molecule has 10 heteroatoms. The molecule has 5 aromatic carbocycles. The number of ether oxygens (including phenoxy) is 9. The van der Waals surface area contributed by atoms with Gasteiger partial charge in [-0.2, -0.15) is 0 Å². The Bertz CT molecular complexity index is 1990. The molecule has 0 unspecified atom stereocenters. The van der Waals surface area contributed by atoms with Gasteiger partial charge in [0.1, 0.15) is 42.7 Å². The van der Waals surface area contributed by atoms with E-state index in [1.54, 1.807) is 0 Å². The topological polar surface area (TPSA) is 103 Å². The average molecular weight is 889 g/mol. The third-order valence-electron chi connectivity index (χ3n) is 12.0. The predicted octanol–water partition coefficient (Wildman–Crippen LogP) is 10.1. The van der Waals surface area contributed by atoms with Crippen LogP contribution in [-0.2, 0) is 75.7 Å². The Morgan fingerprint density at radius 2 is 0.862 bits per heavy atom. The van der Waals surface area contributed by atoms with E-state index in [0.29, 0.717) is 26.4 Å². The van der Waals surface area contributed by atoms with E-state index >= 15 is 0 Å². The van der Waals surface area contributed by atoms with E-state index in [2.05, 4.69) is 6.92 Å². The highest BCUT2D eigenvalue weighted by atomic mass is 16.8. The second kappa shape index (κ2) is 26.7. The standard InChI is InChI=1S/C55H68O10/c1-3-4-5-6-7-23-34-58-54-53(65-55-51(61-38-45-30-19-11-20-31-45)48(56)49(41(2)63-55)59-36-43-26-15-9-16-27-43)52(62-39-46-32-21-12-22-33-46)50(60-37-44-28-17-10-18-29-44)47(64-54)40-57-35-42-24-13-8-14-25-42/h8-22,24-33,41,47-56H,3-7,23,34-40H2,1-2H3/t41-,47+,48+,49+,50-,51-,52-,53+,54+,55-/m0/s1. The highest BCUT2D eigenvalue weighted by Gasteiger charge is 2.53. The summed E-state index contributed by atoms with van der Waals surface area (Å²) >= 11 is 0. The largest absolute Gasteiger partial charge is 0.387 e. The molecule has 0 aliphatic carbocycles. The van der Waals surface area contributed by atoms with Gasteiger partial charge in [-0.3, -0.25) is 0 Å². The van der Waals surface area contributed by atoms with Crippen LogP contribution in [0.5, 0.6) is 0 Å². The number of hydrogen-bond acceptors (Lipinski definition) is 10. The predicted molar refractivity (Wildman–Crippen MR) is 249 cm³/mol. The lowest BCUT2D eigenvalue weighted by molar-refractivity contribution is -0.378. The van der Waals surface area contributed by atoms with Gasteiger partial charge in [0.05, 0.1) is 45.7 Å². The van der Waals surface area contributed by atoms with Crippen LogP contribution in [0.4, 0.5) is 0 Å². The van der Waals surface area contributed by atoms with Gasteiger partial charge in [0.2, 0.25) is 0 Å². The van der Waals surface area contributed by atoms with Gasteiger partial charge in [0.15, 0.2) is 12.6 Å². The van der Waals surface area contributed by atoms with Gasteiger partial charge in [-0.25, -0.2) is 0 Å². The van der Waals surface area contributed by atoms with E-state index in [-0.39, 0.29) is 19.8 Å². The Morgan fingerprint density at radius 1 is 0.431 bits per heavy atom. The number of hydrogen-bond donors (Lipinski definition) is 1. The molecule has 0 radical (unpaired) electrons. The molecule has 0 bridgehead atoms. The maximum Gasteiger partial charge on any atom is 0.187 e. The smallest absolute Gasteiger partial charge is 0.187 e. The summed E-state index contributed by atoms with van der Waals surface area (Å²) in [5.41, 5.74) is 4.96. The van der Waals surface area contributed by atoms with Crippen LogP contribution in [0.25, 0.3) is 0 Å². The van der Waals surface area contributed by atoms with E-state index in [9.17, 15) is 5.11 Å². The van der Waals surface area contributed by atoms with Crippen LogP contribution in [0, 0.1) is 0 Å². The number of rotatable bonds is 26. The first kappa shape index (κ1) is 48.6. The molecule has 10 nitrogen and oxygen atoms in total. The lowest BCUT2D eigenvalue weighted by Crippen LogP contribution is -2.65. The molecule has 0 aromatic heterocycles. The monoisotopic (exact) mass is 888 g/mol. The Morgan fingerprint density at radius 3 is 1.37 bits per heavy atom. The van der Waals surface area contributed by atoms with Crippen LogP contribution < -0.4 is 0 Å². The first-order valence-corrected chi connectivity index (χ1v) is 23.6. The van der Waals surface area contributed by atoms with Crippen LogP contribution in [-0.4, -0.2) is 79.7 Å². The Balaban J connectivity index is 1.20. The summed E-state index contributed by atoms with van der Waals surface area (Å²) in [6, 6.07) is 49.9. The molecular formula is C55H68O10. The van der Waals surface area contributed by atoms with Crippen LogP contribution in [0.1, 0.15) is 80.2 Å². The molecule has 7 rings (SSSR count). The van der Waals surface area contributed by atoms with Crippen molar-refractivity contribution < 1.29 is 47.7 Å². The van der Waals surface area contributed by atoms with Crippen molar-refractivity contribution in [3.05, 3.63) is 179 Å². The molecule has 348 valence electrons. The zero-order chi connectivity index (χ0) is 44.9. The van der Waals surface area contributed by atoms with E-state index in [1.165, 1.54) is 19.3 Å². The van der Waals surface area contributed by atoms with E-state index in [1.807, 2.05) is 159 Å². The van der Waals surface area contributed by atoms with Crippen LogP contribution in [0.3, 0.4) is 0 Å². The van der Waals surface area contributed by atoms with Gasteiger partial charge in [-0.15, -0.1) is 0 Å². The van der Waals surface area contributed by atoms with Crippen LogP contribution in [0.15, 0.2) is 152 Å². The lowest BCUT2D eigenvalue weighted by atomic mass is 9.96. The zero-order valence-electron chi connectivity index (χ0n) is 38.0. The minimum atomic E-state index is -1.11. The molecule has 0 spiro atoms. The molecule has 2 saturated heterocycles. The molecular weight excluding hydrogens is 821 g/mol. The van der Waals surface area contributed by atoms with Crippen LogP contribution in [0.2, 0.25) is 0 Å². The number of aliphatic hydroxyl groups is 1. The quantitative estimate of drug-likeness (QED) is 0.0540. The molecule has 2 aliphatic rings. The van der Waals surface area contributed by atoms with E-state index in [0.717, 1.165) is 47.1 Å². The number of benzene rings is 5. The normalized spacial score (nSPS) is 25.6. The van der Waals surface area contributed by atoms with Gasteiger partial charge < -0.3 is 47.7 Å². The highest BCUT2D eigenvalue weighted by Crippen LogP contribution is 2.36. The summed E-state index contributed by atoms with van der Waals surface area (Å²) in [4.78, 5) is 0. The van der Waals surface area contributed by atoms with Crippen molar-refractivity contribution in [1.29, 1.82) is 0 Å². The minimum Gasteiger partial charge on any atom is -0.387 e. The summed E-state index contributed by atoms with van der Waals surface area (Å²) in [6.07, 6.45) is -1.64. The minimum absolute atomic E-state index is 0.210. The van der Waals surface area contributed by atoms with Crippen molar-refractivity contribution in [3.63, 3.8) is 0 Å². The summed E-state index contributed by atoms with van der Waals surface area (Å²) < 4.78 is 60.9. The van der Waals surface area contributed by atoms with E-state index < -0.39 is 61.4 Å². The second-order valence-corrected chi connectivity index (χ2v) is 17.0. The second-order valence-electron chi connectivity index (χ2n) is 17.0.